The predicted molar refractivity (Wildman–Crippen MR) is 60.5 cm³/mol. The standard InChI is InChI=1S/C11H10N2O2S/c1-6-7(2)16-11(9(6)4-12)13-5-8(14)3-10(13)15/h3,5H2,1-2H3. The summed E-state index contributed by atoms with van der Waals surface area (Å²) in [6, 6.07) is 2.10. The second kappa shape index (κ2) is 3.72. The van der Waals surface area contributed by atoms with Gasteiger partial charge in [-0.25, -0.2) is 0 Å². The van der Waals surface area contributed by atoms with Gasteiger partial charge in [-0.15, -0.1) is 11.3 Å². The van der Waals surface area contributed by atoms with Crippen LogP contribution in [0, 0.1) is 25.2 Å². The quantitative estimate of drug-likeness (QED) is 0.692. The number of Topliss-reactive ketones (excluding diaryl/α,β-unsaturated/α-hetero) is 1. The lowest BCUT2D eigenvalue weighted by atomic mass is 10.2. The molecular formula is C11H10N2O2S. The van der Waals surface area contributed by atoms with Crippen molar-refractivity contribution in [3.63, 3.8) is 0 Å². The van der Waals surface area contributed by atoms with Crippen molar-refractivity contribution in [2.24, 2.45) is 0 Å². The number of carbonyl (C=O) groups excluding carboxylic acids is 2. The summed E-state index contributed by atoms with van der Waals surface area (Å²) in [6.07, 6.45) is -0.0408. The normalized spacial score (nSPS) is 15.7. The van der Waals surface area contributed by atoms with Gasteiger partial charge >= 0.3 is 0 Å². The molecule has 5 heteroatoms. The van der Waals surface area contributed by atoms with E-state index in [4.69, 9.17) is 5.26 Å². The summed E-state index contributed by atoms with van der Waals surface area (Å²) in [5, 5.41) is 9.68. The van der Waals surface area contributed by atoms with Crippen LogP contribution in [-0.4, -0.2) is 18.2 Å². The van der Waals surface area contributed by atoms with Crippen LogP contribution in [0.15, 0.2) is 0 Å². The van der Waals surface area contributed by atoms with Gasteiger partial charge in [0.25, 0.3) is 0 Å². The van der Waals surface area contributed by atoms with Crippen LogP contribution in [0.25, 0.3) is 0 Å². The van der Waals surface area contributed by atoms with E-state index in [9.17, 15) is 9.59 Å². The van der Waals surface area contributed by atoms with Gasteiger partial charge in [-0.3, -0.25) is 14.5 Å². The Morgan fingerprint density at radius 1 is 1.38 bits per heavy atom. The predicted octanol–water partition coefficient (Wildman–Crippen LogP) is 1.54. The maximum atomic E-state index is 11.6. The molecule has 0 aromatic carbocycles. The Morgan fingerprint density at radius 2 is 2.06 bits per heavy atom. The van der Waals surface area contributed by atoms with Gasteiger partial charge in [0.2, 0.25) is 5.91 Å². The minimum absolute atomic E-state index is 0.0408. The molecule has 1 fully saturated rings. The molecule has 1 aromatic heterocycles. The third kappa shape index (κ3) is 1.51. The Hall–Kier alpha value is -1.67. The number of nitriles is 1. The van der Waals surface area contributed by atoms with E-state index in [1.807, 2.05) is 13.8 Å². The van der Waals surface area contributed by atoms with Crippen molar-refractivity contribution in [2.45, 2.75) is 20.3 Å². The van der Waals surface area contributed by atoms with Crippen LogP contribution in [0.5, 0.6) is 0 Å². The fourth-order valence-electron chi connectivity index (χ4n) is 1.70. The number of anilines is 1. The van der Waals surface area contributed by atoms with E-state index in [0.29, 0.717) is 10.6 Å². The monoisotopic (exact) mass is 234 g/mol. The Bertz CT molecular complexity index is 525. The van der Waals surface area contributed by atoms with Gasteiger partial charge in [0.05, 0.1) is 18.5 Å². The Balaban J connectivity index is 2.49. The second-order valence-electron chi connectivity index (χ2n) is 3.77. The summed E-state index contributed by atoms with van der Waals surface area (Å²) < 4.78 is 0. The SMILES string of the molecule is Cc1sc(N2CC(=O)CC2=O)c(C#N)c1C. The number of thiophene rings is 1. The van der Waals surface area contributed by atoms with Crippen LogP contribution in [0.4, 0.5) is 5.00 Å². The highest BCUT2D eigenvalue weighted by Gasteiger charge is 2.32. The minimum atomic E-state index is -0.206. The maximum absolute atomic E-state index is 11.6. The summed E-state index contributed by atoms with van der Waals surface area (Å²) in [6.45, 7) is 3.87. The molecule has 82 valence electrons. The first-order valence-electron chi connectivity index (χ1n) is 4.86. The zero-order chi connectivity index (χ0) is 11.9. The van der Waals surface area contributed by atoms with Crippen molar-refractivity contribution >= 4 is 28.0 Å². The van der Waals surface area contributed by atoms with E-state index in [1.165, 1.54) is 16.2 Å². The van der Waals surface area contributed by atoms with Crippen molar-refractivity contribution in [2.75, 3.05) is 11.4 Å². The van der Waals surface area contributed by atoms with Crippen LogP contribution >= 0.6 is 11.3 Å². The van der Waals surface area contributed by atoms with Crippen molar-refractivity contribution in [1.82, 2.24) is 0 Å². The molecule has 1 saturated heterocycles. The highest BCUT2D eigenvalue weighted by molar-refractivity contribution is 7.16. The summed E-state index contributed by atoms with van der Waals surface area (Å²) in [7, 11) is 0. The molecule has 0 N–H and O–H groups in total. The molecule has 2 heterocycles. The molecule has 2 rings (SSSR count). The molecule has 0 unspecified atom stereocenters. The van der Waals surface area contributed by atoms with Crippen LogP contribution in [0.1, 0.15) is 22.4 Å². The zero-order valence-corrected chi connectivity index (χ0v) is 9.85. The maximum Gasteiger partial charge on any atom is 0.235 e. The van der Waals surface area contributed by atoms with Crippen LogP contribution in [0.3, 0.4) is 0 Å². The van der Waals surface area contributed by atoms with E-state index >= 15 is 0 Å². The van der Waals surface area contributed by atoms with E-state index in [-0.39, 0.29) is 24.7 Å². The summed E-state index contributed by atoms with van der Waals surface area (Å²) in [5.41, 5.74) is 1.42. The molecule has 16 heavy (non-hydrogen) atoms. The van der Waals surface area contributed by atoms with Crippen LogP contribution in [-0.2, 0) is 9.59 Å². The van der Waals surface area contributed by atoms with E-state index in [2.05, 4.69) is 6.07 Å². The molecule has 1 aromatic rings. The van der Waals surface area contributed by atoms with Crippen molar-refractivity contribution in [3.05, 3.63) is 16.0 Å². The largest absolute Gasteiger partial charge is 0.297 e. The van der Waals surface area contributed by atoms with Gasteiger partial charge in [0, 0.05) is 4.88 Å². The van der Waals surface area contributed by atoms with Gasteiger partial charge in [-0.05, 0) is 19.4 Å². The number of carbonyl (C=O) groups is 2. The molecule has 0 spiro atoms. The zero-order valence-electron chi connectivity index (χ0n) is 9.03. The topological polar surface area (TPSA) is 61.2 Å². The first kappa shape index (κ1) is 10.8. The van der Waals surface area contributed by atoms with Crippen LogP contribution in [0.2, 0.25) is 0 Å². The highest BCUT2D eigenvalue weighted by atomic mass is 32.1. The Morgan fingerprint density at radius 3 is 2.56 bits per heavy atom. The smallest absolute Gasteiger partial charge is 0.235 e. The average molecular weight is 234 g/mol. The number of nitrogens with zero attached hydrogens (tertiary/aromatic N) is 2. The van der Waals surface area contributed by atoms with Crippen molar-refractivity contribution < 1.29 is 9.59 Å². The molecule has 1 aliphatic heterocycles. The Kier molecular flexibility index (Phi) is 2.52. The molecular weight excluding hydrogens is 224 g/mol. The first-order chi connectivity index (χ1) is 7.54. The number of hydrogen-bond donors (Lipinski definition) is 0. The number of rotatable bonds is 1. The lowest BCUT2D eigenvalue weighted by molar-refractivity contribution is -0.121. The van der Waals surface area contributed by atoms with Gasteiger partial charge in [-0.2, -0.15) is 5.26 Å². The lowest BCUT2D eigenvalue weighted by Crippen LogP contribution is -2.24. The number of hydrogen-bond acceptors (Lipinski definition) is 4. The summed E-state index contributed by atoms with van der Waals surface area (Å²) in [5.74, 6) is -0.291. The van der Waals surface area contributed by atoms with E-state index in [1.54, 1.807) is 0 Å². The minimum Gasteiger partial charge on any atom is -0.297 e. The van der Waals surface area contributed by atoms with Crippen molar-refractivity contribution in [1.29, 1.82) is 5.26 Å². The number of amides is 1. The molecule has 1 aliphatic rings. The number of ketones is 1. The van der Waals surface area contributed by atoms with Gasteiger partial charge in [0.15, 0.2) is 5.78 Å². The van der Waals surface area contributed by atoms with E-state index in [0.717, 1.165) is 10.4 Å². The molecule has 0 saturated carbocycles. The van der Waals surface area contributed by atoms with Crippen LogP contribution < -0.4 is 4.90 Å². The van der Waals surface area contributed by atoms with Crippen molar-refractivity contribution in [3.8, 4) is 6.07 Å². The van der Waals surface area contributed by atoms with E-state index < -0.39 is 0 Å². The third-order valence-corrected chi connectivity index (χ3v) is 3.94. The number of aryl methyl sites for hydroxylation is 1. The molecule has 4 nitrogen and oxygen atoms in total. The summed E-state index contributed by atoms with van der Waals surface area (Å²) in [4.78, 5) is 25.2. The fraction of sp³-hybridized carbons (Fsp3) is 0.364. The Labute approximate surface area is 97.1 Å². The highest BCUT2D eigenvalue weighted by Crippen LogP contribution is 2.36. The fourth-order valence-corrected chi connectivity index (χ4v) is 2.82. The molecule has 0 radical (unpaired) electrons. The molecule has 0 bridgehead atoms. The second-order valence-corrected chi connectivity index (χ2v) is 4.97. The molecule has 0 atom stereocenters. The van der Waals surface area contributed by atoms with Gasteiger partial charge in [0.1, 0.15) is 11.1 Å². The average Bonchev–Trinajstić information content (AvgIpc) is 2.69. The van der Waals surface area contributed by atoms with Gasteiger partial charge < -0.3 is 0 Å². The molecule has 1 amide bonds. The van der Waals surface area contributed by atoms with Gasteiger partial charge in [-0.1, -0.05) is 0 Å². The first-order valence-corrected chi connectivity index (χ1v) is 5.68. The summed E-state index contributed by atoms with van der Waals surface area (Å²) >= 11 is 1.40. The lowest BCUT2D eigenvalue weighted by Gasteiger charge is -2.12. The third-order valence-electron chi connectivity index (χ3n) is 2.71. The molecule has 0 aliphatic carbocycles.